The van der Waals surface area contributed by atoms with Gasteiger partial charge in [0.25, 0.3) is 5.69 Å². The van der Waals surface area contributed by atoms with Gasteiger partial charge in [-0.05, 0) is 24.2 Å². The van der Waals surface area contributed by atoms with Gasteiger partial charge in [0.1, 0.15) is 0 Å². The summed E-state index contributed by atoms with van der Waals surface area (Å²) in [7, 11) is 3.40. The second-order valence-corrected chi connectivity index (χ2v) is 3.17. The van der Waals surface area contributed by atoms with Gasteiger partial charge in [0.05, 0.1) is 11.5 Å². The van der Waals surface area contributed by atoms with E-state index in [9.17, 15) is 10.1 Å². The lowest BCUT2D eigenvalue weighted by molar-refractivity contribution is -0.384. The van der Waals surface area contributed by atoms with Crippen molar-refractivity contribution in [3.05, 3.63) is 39.4 Å². The molecule has 1 N–H and O–H groups in total. The minimum absolute atomic E-state index is 0.111. The number of non-ortho nitro benzene ring substituents is 1. The molecule has 0 aliphatic carbocycles. The van der Waals surface area contributed by atoms with Crippen LogP contribution in [-0.2, 0) is 17.9 Å². The Balaban J connectivity index is 3.02. The topological polar surface area (TPSA) is 64.4 Å². The van der Waals surface area contributed by atoms with E-state index in [1.54, 1.807) is 26.3 Å². The van der Waals surface area contributed by atoms with E-state index in [4.69, 9.17) is 4.74 Å². The van der Waals surface area contributed by atoms with E-state index in [1.165, 1.54) is 6.07 Å². The summed E-state index contributed by atoms with van der Waals surface area (Å²) >= 11 is 0. The fraction of sp³-hybridized carbons (Fsp3) is 0.400. The van der Waals surface area contributed by atoms with Crippen molar-refractivity contribution in [2.24, 2.45) is 0 Å². The number of nitrogens with one attached hydrogen (secondary N) is 1. The van der Waals surface area contributed by atoms with E-state index in [0.29, 0.717) is 13.2 Å². The average Bonchev–Trinajstić information content (AvgIpc) is 2.21. The molecular weight excluding hydrogens is 196 g/mol. The van der Waals surface area contributed by atoms with Crippen molar-refractivity contribution >= 4 is 5.69 Å². The third kappa shape index (κ3) is 3.00. The maximum atomic E-state index is 10.6. The van der Waals surface area contributed by atoms with Crippen molar-refractivity contribution in [1.82, 2.24) is 5.32 Å². The minimum Gasteiger partial charge on any atom is -0.380 e. The van der Waals surface area contributed by atoms with Crippen LogP contribution in [0.15, 0.2) is 18.2 Å². The van der Waals surface area contributed by atoms with Gasteiger partial charge >= 0.3 is 0 Å². The second kappa shape index (κ2) is 5.43. The summed E-state index contributed by atoms with van der Waals surface area (Å²) in [5.41, 5.74) is 1.98. The molecule has 0 amide bonds. The summed E-state index contributed by atoms with van der Waals surface area (Å²) in [5, 5.41) is 13.6. The third-order valence-electron chi connectivity index (χ3n) is 2.07. The molecule has 0 aromatic heterocycles. The fourth-order valence-electron chi connectivity index (χ4n) is 1.38. The maximum absolute atomic E-state index is 10.6. The number of rotatable bonds is 5. The number of nitrogens with zero attached hydrogens (tertiary/aromatic N) is 1. The molecule has 15 heavy (non-hydrogen) atoms. The highest BCUT2D eigenvalue weighted by molar-refractivity contribution is 5.39. The first-order valence-electron chi connectivity index (χ1n) is 4.58. The van der Waals surface area contributed by atoms with Crippen molar-refractivity contribution < 1.29 is 9.66 Å². The Hall–Kier alpha value is -1.46. The predicted octanol–water partition coefficient (Wildman–Crippen LogP) is 1.46. The number of methoxy groups -OCH3 is 1. The predicted molar refractivity (Wildman–Crippen MR) is 56.6 cm³/mol. The van der Waals surface area contributed by atoms with Crippen LogP contribution in [0.2, 0.25) is 0 Å². The van der Waals surface area contributed by atoms with Crippen LogP contribution in [0.4, 0.5) is 5.69 Å². The molecule has 0 spiro atoms. The van der Waals surface area contributed by atoms with Gasteiger partial charge in [-0.1, -0.05) is 0 Å². The zero-order valence-corrected chi connectivity index (χ0v) is 8.82. The number of nitro groups is 1. The first-order valence-corrected chi connectivity index (χ1v) is 4.58. The highest BCUT2D eigenvalue weighted by Crippen LogP contribution is 2.18. The molecule has 0 bridgehead atoms. The van der Waals surface area contributed by atoms with Crippen molar-refractivity contribution in [2.45, 2.75) is 13.2 Å². The van der Waals surface area contributed by atoms with Crippen LogP contribution < -0.4 is 5.32 Å². The van der Waals surface area contributed by atoms with Crippen LogP contribution in [0.5, 0.6) is 0 Å². The van der Waals surface area contributed by atoms with Crippen molar-refractivity contribution in [1.29, 1.82) is 0 Å². The summed E-state index contributed by atoms with van der Waals surface area (Å²) in [4.78, 5) is 10.2. The average molecular weight is 210 g/mol. The Labute approximate surface area is 88.2 Å². The van der Waals surface area contributed by atoms with Crippen LogP contribution in [0.25, 0.3) is 0 Å². The van der Waals surface area contributed by atoms with E-state index in [1.807, 2.05) is 0 Å². The quantitative estimate of drug-likeness (QED) is 0.590. The first-order chi connectivity index (χ1) is 7.19. The first kappa shape index (κ1) is 11.6. The second-order valence-electron chi connectivity index (χ2n) is 3.17. The molecule has 82 valence electrons. The third-order valence-corrected chi connectivity index (χ3v) is 2.07. The molecule has 5 nitrogen and oxygen atoms in total. The Morgan fingerprint density at radius 1 is 1.47 bits per heavy atom. The van der Waals surface area contributed by atoms with Gasteiger partial charge in [0.2, 0.25) is 0 Å². The molecular formula is C10H14N2O3. The maximum Gasteiger partial charge on any atom is 0.269 e. The smallest absolute Gasteiger partial charge is 0.269 e. The molecule has 0 unspecified atom stereocenters. The summed E-state index contributed by atoms with van der Waals surface area (Å²) in [6.07, 6.45) is 0. The lowest BCUT2D eigenvalue weighted by Gasteiger charge is -2.07. The van der Waals surface area contributed by atoms with E-state index < -0.39 is 4.92 Å². The van der Waals surface area contributed by atoms with Crippen molar-refractivity contribution in [3.63, 3.8) is 0 Å². The van der Waals surface area contributed by atoms with Gasteiger partial charge in [-0.15, -0.1) is 0 Å². The number of benzene rings is 1. The highest BCUT2D eigenvalue weighted by Gasteiger charge is 2.09. The Morgan fingerprint density at radius 3 is 2.73 bits per heavy atom. The lowest BCUT2D eigenvalue weighted by Crippen LogP contribution is -2.08. The van der Waals surface area contributed by atoms with Gasteiger partial charge in [-0.25, -0.2) is 0 Å². The van der Waals surface area contributed by atoms with Crippen molar-refractivity contribution in [3.8, 4) is 0 Å². The van der Waals surface area contributed by atoms with Crippen LogP contribution in [0.3, 0.4) is 0 Å². The molecule has 0 aliphatic rings. The normalized spacial score (nSPS) is 10.3. The van der Waals surface area contributed by atoms with E-state index in [2.05, 4.69) is 5.32 Å². The molecule has 0 radical (unpaired) electrons. The Kier molecular flexibility index (Phi) is 4.20. The number of ether oxygens (including phenoxy) is 1. The largest absolute Gasteiger partial charge is 0.380 e. The van der Waals surface area contributed by atoms with Gasteiger partial charge in [0, 0.05) is 25.8 Å². The van der Waals surface area contributed by atoms with Gasteiger partial charge < -0.3 is 10.1 Å². The molecule has 0 saturated heterocycles. The Morgan fingerprint density at radius 2 is 2.20 bits per heavy atom. The molecule has 0 heterocycles. The summed E-state index contributed by atoms with van der Waals surface area (Å²) < 4.78 is 5.02. The van der Waals surface area contributed by atoms with E-state index in [-0.39, 0.29) is 5.69 Å². The molecule has 1 aromatic rings. The van der Waals surface area contributed by atoms with Gasteiger partial charge in [0.15, 0.2) is 0 Å². The van der Waals surface area contributed by atoms with Gasteiger partial charge in [-0.2, -0.15) is 0 Å². The highest BCUT2D eigenvalue weighted by atomic mass is 16.6. The fourth-order valence-corrected chi connectivity index (χ4v) is 1.38. The minimum atomic E-state index is -0.393. The van der Waals surface area contributed by atoms with Crippen LogP contribution in [0.1, 0.15) is 11.1 Å². The lowest BCUT2D eigenvalue weighted by atomic mass is 10.1. The number of hydrogen-bond acceptors (Lipinski definition) is 4. The van der Waals surface area contributed by atoms with Crippen LogP contribution >= 0.6 is 0 Å². The number of hydrogen-bond donors (Lipinski definition) is 1. The van der Waals surface area contributed by atoms with E-state index >= 15 is 0 Å². The molecule has 1 rings (SSSR count). The SMILES string of the molecule is CNCc1cc([N+](=O)[O-])ccc1COC. The summed E-state index contributed by atoms with van der Waals surface area (Å²) in [6.45, 7) is 1.06. The van der Waals surface area contributed by atoms with Gasteiger partial charge in [-0.3, -0.25) is 10.1 Å². The zero-order valence-electron chi connectivity index (χ0n) is 8.82. The molecule has 0 aliphatic heterocycles. The molecule has 0 atom stereocenters. The van der Waals surface area contributed by atoms with Crippen LogP contribution in [-0.4, -0.2) is 19.1 Å². The summed E-state index contributed by atoms with van der Waals surface area (Å²) in [5.74, 6) is 0. The number of nitro benzene ring substituents is 1. The molecule has 0 saturated carbocycles. The summed E-state index contributed by atoms with van der Waals surface area (Å²) in [6, 6.07) is 4.80. The molecule has 5 heteroatoms. The monoisotopic (exact) mass is 210 g/mol. The van der Waals surface area contributed by atoms with E-state index in [0.717, 1.165) is 11.1 Å². The molecule has 1 aromatic carbocycles. The van der Waals surface area contributed by atoms with Crippen LogP contribution in [0, 0.1) is 10.1 Å². The van der Waals surface area contributed by atoms with Crippen molar-refractivity contribution in [2.75, 3.05) is 14.2 Å². The standard InChI is InChI=1S/C10H14N2O3/c1-11-6-9-5-10(12(13)14)4-3-8(9)7-15-2/h3-5,11H,6-7H2,1-2H3. The zero-order chi connectivity index (χ0) is 11.3. The molecule has 0 fully saturated rings. The Bertz CT molecular complexity index is 353.